The molecule has 1 heterocycles. The Morgan fingerprint density at radius 3 is 2.39 bits per heavy atom. The highest BCUT2D eigenvalue weighted by Gasteiger charge is 2.11. The Morgan fingerprint density at radius 2 is 1.75 bits per heavy atom. The molecular weight excluding hydrogens is 373 g/mol. The molecule has 2 aromatic carbocycles. The lowest BCUT2D eigenvalue weighted by atomic mass is 10.2. The normalized spacial score (nSPS) is 10.5. The summed E-state index contributed by atoms with van der Waals surface area (Å²) in [5, 5.41) is 4.78. The van der Waals surface area contributed by atoms with Crippen molar-refractivity contribution in [3.05, 3.63) is 83.7 Å². The van der Waals surface area contributed by atoms with Gasteiger partial charge in [0.25, 0.3) is 5.91 Å². The molecule has 0 fully saturated rings. The first-order chi connectivity index (χ1) is 13.4. The van der Waals surface area contributed by atoms with Crippen molar-refractivity contribution in [2.75, 3.05) is 6.54 Å². The van der Waals surface area contributed by atoms with Crippen LogP contribution in [0, 0.1) is 17.5 Å². The molecule has 0 aliphatic heterocycles. The number of nitrogens with one attached hydrogen (secondary N) is 2. The molecule has 144 valence electrons. The van der Waals surface area contributed by atoms with Crippen LogP contribution in [-0.4, -0.2) is 27.9 Å². The molecule has 1 aromatic heterocycles. The highest BCUT2D eigenvalue weighted by molar-refractivity contribution is 5.96. The van der Waals surface area contributed by atoms with Gasteiger partial charge in [0.15, 0.2) is 0 Å². The fourth-order valence-corrected chi connectivity index (χ4v) is 2.48. The number of carbonyl (C=O) groups excluding carboxylic acids is 2. The van der Waals surface area contributed by atoms with Crippen molar-refractivity contribution in [2.45, 2.75) is 6.54 Å². The van der Waals surface area contributed by atoms with Crippen LogP contribution < -0.4 is 10.6 Å². The zero-order chi connectivity index (χ0) is 20.1. The number of halogens is 3. The van der Waals surface area contributed by atoms with Gasteiger partial charge in [-0.25, -0.2) is 18.2 Å². The lowest BCUT2D eigenvalue weighted by Gasteiger charge is -2.09. The van der Waals surface area contributed by atoms with Gasteiger partial charge < -0.3 is 15.2 Å². The third-order valence-corrected chi connectivity index (χ3v) is 3.82. The van der Waals surface area contributed by atoms with Crippen LogP contribution >= 0.6 is 0 Å². The van der Waals surface area contributed by atoms with Gasteiger partial charge in [0.2, 0.25) is 5.91 Å². The van der Waals surface area contributed by atoms with Crippen molar-refractivity contribution in [3.63, 3.8) is 0 Å². The molecule has 0 saturated carbocycles. The molecule has 3 rings (SSSR count). The summed E-state index contributed by atoms with van der Waals surface area (Å²) in [5.41, 5.74) is 0.609. The molecule has 2 amide bonds. The van der Waals surface area contributed by atoms with Gasteiger partial charge in [0, 0.05) is 30.6 Å². The minimum atomic E-state index is -0.893. The minimum absolute atomic E-state index is 0.0461. The molecule has 0 aliphatic carbocycles. The van der Waals surface area contributed by atoms with Gasteiger partial charge in [0.1, 0.15) is 17.5 Å². The van der Waals surface area contributed by atoms with Crippen LogP contribution in [0.4, 0.5) is 13.2 Å². The van der Waals surface area contributed by atoms with Gasteiger partial charge >= 0.3 is 0 Å². The third kappa shape index (κ3) is 4.76. The molecule has 28 heavy (non-hydrogen) atoms. The Morgan fingerprint density at radius 1 is 1.00 bits per heavy atom. The van der Waals surface area contributed by atoms with Crippen molar-refractivity contribution in [1.82, 2.24) is 20.2 Å². The van der Waals surface area contributed by atoms with Crippen molar-refractivity contribution >= 4 is 11.8 Å². The maximum Gasteiger partial charge on any atom is 0.251 e. The van der Waals surface area contributed by atoms with Gasteiger partial charge in [-0.15, -0.1) is 0 Å². The van der Waals surface area contributed by atoms with E-state index in [-0.39, 0.29) is 12.1 Å². The number of amides is 2. The maximum atomic E-state index is 14.2. The summed E-state index contributed by atoms with van der Waals surface area (Å²) >= 11 is 0. The van der Waals surface area contributed by atoms with E-state index in [0.717, 1.165) is 12.1 Å². The number of aromatic nitrogens is 2. The summed E-state index contributed by atoms with van der Waals surface area (Å²) < 4.78 is 41.9. The zero-order valence-electron chi connectivity index (χ0n) is 14.5. The number of benzene rings is 2. The molecule has 9 heteroatoms. The van der Waals surface area contributed by atoms with Crippen LogP contribution in [0.15, 0.2) is 55.1 Å². The van der Waals surface area contributed by atoms with Crippen molar-refractivity contribution in [1.29, 1.82) is 0 Å². The second kappa shape index (κ2) is 8.38. The standard InChI is InChI=1S/C19H15F3N4O2/c20-14-6-13(7-15(21)8-14)19(28)25-10-18(27)24-9-12-1-2-17(16(22)5-12)26-4-3-23-11-26/h1-8,11H,9-10H2,(H,24,27)(H,25,28). The summed E-state index contributed by atoms with van der Waals surface area (Å²) in [6.45, 7) is -0.350. The fourth-order valence-electron chi connectivity index (χ4n) is 2.48. The predicted molar refractivity (Wildman–Crippen MR) is 94.1 cm³/mol. The van der Waals surface area contributed by atoms with Crippen molar-refractivity contribution < 1.29 is 22.8 Å². The van der Waals surface area contributed by atoms with Gasteiger partial charge in [-0.3, -0.25) is 9.59 Å². The van der Waals surface area contributed by atoms with E-state index in [1.54, 1.807) is 18.3 Å². The van der Waals surface area contributed by atoms with E-state index < -0.39 is 35.8 Å². The summed E-state index contributed by atoms with van der Waals surface area (Å²) in [7, 11) is 0. The molecule has 2 N–H and O–H groups in total. The average molecular weight is 388 g/mol. The highest BCUT2D eigenvalue weighted by atomic mass is 19.1. The van der Waals surface area contributed by atoms with E-state index in [1.165, 1.54) is 23.2 Å². The van der Waals surface area contributed by atoms with E-state index in [2.05, 4.69) is 15.6 Å². The topological polar surface area (TPSA) is 76.0 Å². The Bertz CT molecular complexity index is 986. The van der Waals surface area contributed by atoms with Crippen LogP contribution in [0.2, 0.25) is 0 Å². The van der Waals surface area contributed by atoms with Crippen molar-refractivity contribution in [2.24, 2.45) is 0 Å². The monoisotopic (exact) mass is 388 g/mol. The van der Waals surface area contributed by atoms with Gasteiger partial charge in [-0.2, -0.15) is 0 Å². The van der Waals surface area contributed by atoms with Crippen LogP contribution in [0.3, 0.4) is 0 Å². The van der Waals surface area contributed by atoms with Crippen LogP contribution in [0.25, 0.3) is 5.69 Å². The Kier molecular flexibility index (Phi) is 5.73. The van der Waals surface area contributed by atoms with Crippen LogP contribution in [-0.2, 0) is 11.3 Å². The number of hydrogen-bond donors (Lipinski definition) is 2. The van der Waals surface area contributed by atoms with Crippen LogP contribution in [0.1, 0.15) is 15.9 Å². The fraction of sp³-hybridized carbons (Fsp3) is 0.105. The zero-order valence-corrected chi connectivity index (χ0v) is 14.5. The number of carbonyl (C=O) groups is 2. The average Bonchev–Trinajstić information content (AvgIpc) is 3.18. The van der Waals surface area contributed by atoms with Crippen LogP contribution in [0.5, 0.6) is 0 Å². The Labute approximate surface area is 158 Å². The van der Waals surface area contributed by atoms with Gasteiger partial charge in [-0.05, 0) is 29.8 Å². The minimum Gasteiger partial charge on any atom is -0.350 e. The SMILES string of the molecule is O=C(CNC(=O)c1cc(F)cc(F)c1)NCc1ccc(-n2ccnc2)c(F)c1. The first kappa shape index (κ1) is 19.2. The van der Waals surface area contributed by atoms with E-state index in [4.69, 9.17) is 0 Å². The summed E-state index contributed by atoms with van der Waals surface area (Å²) in [4.78, 5) is 27.5. The number of rotatable bonds is 6. The first-order valence-corrected chi connectivity index (χ1v) is 8.20. The van der Waals surface area contributed by atoms with Gasteiger partial charge in [0.05, 0.1) is 18.6 Å². The van der Waals surface area contributed by atoms with Gasteiger partial charge in [-0.1, -0.05) is 6.07 Å². The second-order valence-electron chi connectivity index (χ2n) is 5.87. The number of nitrogens with zero attached hydrogens (tertiary/aromatic N) is 2. The van der Waals surface area contributed by atoms with E-state index >= 15 is 0 Å². The molecule has 0 bridgehead atoms. The molecule has 0 unspecified atom stereocenters. The molecular formula is C19H15F3N4O2. The third-order valence-electron chi connectivity index (χ3n) is 3.82. The molecule has 0 radical (unpaired) electrons. The molecule has 0 saturated heterocycles. The summed E-state index contributed by atoms with van der Waals surface area (Å²) in [6, 6.07) is 6.85. The Balaban J connectivity index is 1.51. The Hall–Kier alpha value is -3.62. The molecule has 0 aliphatic rings. The summed E-state index contributed by atoms with van der Waals surface area (Å²) in [5.74, 6) is -3.59. The quantitative estimate of drug-likeness (QED) is 0.681. The van der Waals surface area contributed by atoms with Crippen molar-refractivity contribution in [3.8, 4) is 5.69 Å². The van der Waals surface area contributed by atoms with E-state index in [0.29, 0.717) is 17.3 Å². The smallest absolute Gasteiger partial charge is 0.251 e. The van der Waals surface area contributed by atoms with E-state index in [9.17, 15) is 22.8 Å². The predicted octanol–water partition coefficient (Wildman–Crippen LogP) is 2.34. The first-order valence-electron chi connectivity index (χ1n) is 8.20. The molecule has 0 atom stereocenters. The molecule has 0 spiro atoms. The van der Waals surface area contributed by atoms with E-state index in [1.807, 2.05) is 0 Å². The summed E-state index contributed by atoms with van der Waals surface area (Å²) in [6.07, 6.45) is 4.60. The molecule has 3 aromatic rings. The number of hydrogen-bond acceptors (Lipinski definition) is 3. The highest BCUT2D eigenvalue weighted by Crippen LogP contribution is 2.15. The lowest BCUT2D eigenvalue weighted by Crippen LogP contribution is -2.36. The largest absolute Gasteiger partial charge is 0.350 e. The molecule has 6 nitrogen and oxygen atoms in total. The lowest BCUT2D eigenvalue weighted by molar-refractivity contribution is -0.120. The maximum absolute atomic E-state index is 14.2. The number of imidazole rings is 1. The second-order valence-corrected chi connectivity index (χ2v) is 5.87.